The summed E-state index contributed by atoms with van der Waals surface area (Å²) in [5.74, 6) is 0.190. The molecule has 102 valence electrons. The minimum Gasteiger partial charge on any atom is -0.399 e. The fraction of sp³-hybridized carbons (Fsp3) is 0.308. The van der Waals surface area contributed by atoms with Crippen molar-refractivity contribution < 1.29 is 8.42 Å². The number of aromatic nitrogens is 1. The van der Waals surface area contributed by atoms with Crippen LogP contribution in [0, 0.1) is 0 Å². The first-order valence-electron chi connectivity index (χ1n) is 6.01. The lowest BCUT2D eigenvalue weighted by atomic mass is 10.1. The van der Waals surface area contributed by atoms with Gasteiger partial charge in [0.1, 0.15) is 9.84 Å². The van der Waals surface area contributed by atoms with E-state index >= 15 is 0 Å². The molecule has 1 aromatic heterocycles. The van der Waals surface area contributed by atoms with Crippen molar-refractivity contribution in [1.82, 2.24) is 4.98 Å². The van der Waals surface area contributed by atoms with Crippen LogP contribution >= 0.6 is 0 Å². The molecule has 0 aliphatic carbocycles. The van der Waals surface area contributed by atoms with E-state index in [1.165, 1.54) is 6.26 Å². The zero-order valence-corrected chi connectivity index (χ0v) is 11.6. The lowest BCUT2D eigenvalue weighted by molar-refractivity contribution is 0.600. The average molecular weight is 279 g/mol. The molecule has 0 fully saturated rings. The van der Waals surface area contributed by atoms with Gasteiger partial charge in [0.05, 0.1) is 11.3 Å². The summed E-state index contributed by atoms with van der Waals surface area (Å²) in [6, 6.07) is 7.43. The Morgan fingerprint density at radius 2 is 2.11 bits per heavy atom. The number of nitrogens with one attached hydrogen (secondary N) is 1. The molecular formula is C13H17N3O2S. The fourth-order valence-electron chi connectivity index (χ4n) is 1.88. The maximum atomic E-state index is 11.0. The monoisotopic (exact) mass is 279 g/mol. The van der Waals surface area contributed by atoms with Crippen molar-refractivity contribution in [2.24, 2.45) is 0 Å². The zero-order chi connectivity index (χ0) is 13.9. The normalized spacial score (nSPS) is 11.6. The highest BCUT2D eigenvalue weighted by molar-refractivity contribution is 7.90. The molecule has 0 radical (unpaired) electrons. The van der Waals surface area contributed by atoms with Crippen LogP contribution in [0.2, 0.25) is 0 Å². The Labute approximate surface area is 112 Å². The third-order valence-electron chi connectivity index (χ3n) is 2.77. The molecule has 0 aliphatic rings. The SMILES string of the molecule is CS(=O)(=O)CCCNc1ccnc2cc(N)ccc12. The Morgan fingerprint density at radius 1 is 1.32 bits per heavy atom. The summed E-state index contributed by atoms with van der Waals surface area (Å²) in [5, 5.41) is 4.22. The third-order valence-corrected chi connectivity index (χ3v) is 3.80. The van der Waals surface area contributed by atoms with Gasteiger partial charge in [-0.15, -0.1) is 0 Å². The summed E-state index contributed by atoms with van der Waals surface area (Å²) in [7, 11) is -2.90. The van der Waals surface area contributed by atoms with Crippen LogP contribution < -0.4 is 11.1 Å². The van der Waals surface area contributed by atoms with E-state index in [-0.39, 0.29) is 5.75 Å². The van der Waals surface area contributed by atoms with E-state index in [0.717, 1.165) is 16.6 Å². The summed E-state index contributed by atoms with van der Waals surface area (Å²) >= 11 is 0. The molecular weight excluding hydrogens is 262 g/mol. The molecule has 1 aromatic carbocycles. The molecule has 0 aliphatic heterocycles. The van der Waals surface area contributed by atoms with Crippen LogP contribution in [0.5, 0.6) is 0 Å². The largest absolute Gasteiger partial charge is 0.399 e. The molecule has 0 amide bonds. The van der Waals surface area contributed by atoms with Gasteiger partial charge in [-0.3, -0.25) is 4.98 Å². The smallest absolute Gasteiger partial charge is 0.147 e. The summed E-state index contributed by atoms with van der Waals surface area (Å²) < 4.78 is 22.1. The summed E-state index contributed by atoms with van der Waals surface area (Å²) in [6.45, 7) is 0.608. The van der Waals surface area contributed by atoms with E-state index in [9.17, 15) is 8.42 Å². The number of pyridine rings is 1. The van der Waals surface area contributed by atoms with Crippen molar-refractivity contribution in [3.63, 3.8) is 0 Å². The molecule has 0 bridgehead atoms. The number of nitrogens with two attached hydrogens (primary N) is 1. The maximum Gasteiger partial charge on any atom is 0.147 e. The van der Waals surface area contributed by atoms with Gasteiger partial charge >= 0.3 is 0 Å². The van der Waals surface area contributed by atoms with Gasteiger partial charge in [0, 0.05) is 35.8 Å². The third kappa shape index (κ3) is 3.82. The van der Waals surface area contributed by atoms with Crippen molar-refractivity contribution in [2.75, 3.05) is 29.6 Å². The summed E-state index contributed by atoms with van der Waals surface area (Å²) in [5.41, 5.74) is 8.16. The molecule has 0 atom stereocenters. The Hall–Kier alpha value is -1.82. The van der Waals surface area contributed by atoms with Crippen molar-refractivity contribution >= 4 is 32.1 Å². The van der Waals surface area contributed by atoms with Crippen molar-refractivity contribution in [1.29, 1.82) is 0 Å². The van der Waals surface area contributed by atoms with E-state index in [0.29, 0.717) is 18.7 Å². The topological polar surface area (TPSA) is 85.1 Å². The van der Waals surface area contributed by atoms with Crippen LogP contribution in [0.4, 0.5) is 11.4 Å². The molecule has 6 heteroatoms. The first kappa shape index (κ1) is 13.6. The van der Waals surface area contributed by atoms with Crippen LogP contribution in [-0.2, 0) is 9.84 Å². The van der Waals surface area contributed by atoms with Crippen molar-refractivity contribution in [3.05, 3.63) is 30.5 Å². The number of hydrogen-bond acceptors (Lipinski definition) is 5. The van der Waals surface area contributed by atoms with E-state index in [1.807, 2.05) is 24.3 Å². The van der Waals surface area contributed by atoms with Crippen LogP contribution in [-0.4, -0.2) is 32.0 Å². The molecule has 19 heavy (non-hydrogen) atoms. The molecule has 2 rings (SSSR count). The van der Waals surface area contributed by atoms with Crippen molar-refractivity contribution in [3.8, 4) is 0 Å². The molecule has 5 nitrogen and oxygen atoms in total. The average Bonchev–Trinajstić information content (AvgIpc) is 2.33. The lowest BCUT2D eigenvalue weighted by Crippen LogP contribution is -2.10. The molecule has 3 N–H and O–H groups in total. The van der Waals surface area contributed by atoms with Gasteiger partial charge in [-0.2, -0.15) is 0 Å². The minimum atomic E-state index is -2.90. The number of nitrogens with zero attached hydrogens (tertiary/aromatic N) is 1. The van der Waals surface area contributed by atoms with Crippen molar-refractivity contribution in [2.45, 2.75) is 6.42 Å². The highest BCUT2D eigenvalue weighted by Crippen LogP contribution is 2.23. The quantitative estimate of drug-likeness (QED) is 0.642. The number of fused-ring (bicyclic) bond motifs is 1. The second-order valence-electron chi connectivity index (χ2n) is 4.55. The second-order valence-corrected chi connectivity index (χ2v) is 6.81. The highest BCUT2D eigenvalue weighted by atomic mass is 32.2. The van der Waals surface area contributed by atoms with Crippen LogP contribution in [0.3, 0.4) is 0 Å². The van der Waals surface area contributed by atoms with E-state index in [2.05, 4.69) is 10.3 Å². The van der Waals surface area contributed by atoms with Gasteiger partial charge in [0.25, 0.3) is 0 Å². The predicted octanol–water partition coefficient (Wildman–Crippen LogP) is 1.66. The highest BCUT2D eigenvalue weighted by Gasteiger charge is 2.04. The fourth-order valence-corrected chi connectivity index (χ4v) is 2.55. The van der Waals surface area contributed by atoms with Gasteiger partial charge in [0.2, 0.25) is 0 Å². The van der Waals surface area contributed by atoms with E-state index in [4.69, 9.17) is 5.73 Å². The molecule has 0 spiro atoms. The maximum absolute atomic E-state index is 11.0. The number of anilines is 2. The Kier molecular flexibility index (Phi) is 3.90. The van der Waals surface area contributed by atoms with Crippen LogP contribution in [0.25, 0.3) is 10.9 Å². The molecule has 2 aromatic rings. The molecule has 0 saturated heterocycles. The second kappa shape index (κ2) is 5.44. The first-order valence-corrected chi connectivity index (χ1v) is 8.07. The Bertz CT molecular complexity index is 683. The standard InChI is InChI=1S/C13H17N3O2S/c1-19(17,18)8-2-6-15-12-5-7-16-13-9-10(14)3-4-11(12)13/h3-5,7,9H,2,6,8,14H2,1H3,(H,15,16). The number of rotatable bonds is 5. The predicted molar refractivity (Wildman–Crippen MR) is 79.0 cm³/mol. The number of sulfone groups is 1. The van der Waals surface area contributed by atoms with Gasteiger partial charge in [-0.1, -0.05) is 0 Å². The van der Waals surface area contributed by atoms with Gasteiger partial charge in [-0.05, 0) is 30.7 Å². The summed E-state index contributed by atoms with van der Waals surface area (Å²) in [4.78, 5) is 4.25. The lowest BCUT2D eigenvalue weighted by Gasteiger charge is -2.09. The Morgan fingerprint density at radius 3 is 2.84 bits per heavy atom. The van der Waals surface area contributed by atoms with Gasteiger partial charge in [0.15, 0.2) is 0 Å². The van der Waals surface area contributed by atoms with Gasteiger partial charge in [-0.25, -0.2) is 8.42 Å². The molecule has 1 heterocycles. The van der Waals surface area contributed by atoms with E-state index in [1.54, 1.807) is 6.20 Å². The Balaban J connectivity index is 2.09. The number of benzene rings is 1. The first-order chi connectivity index (χ1) is 8.96. The zero-order valence-electron chi connectivity index (χ0n) is 10.8. The molecule has 0 unspecified atom stereocenters. The van der Waals surface area contributed by atoms with Gasteiger partial charge < -0.3 is 11.1 Å². The van der Waals surface area contributed by atoms with Crippen LogP contribution in [0.1, 0.15) is 6.42 Å². The number of nitrogen functional groups attached to an aromatic ring is 1. The minimum absolute atomic E-state index is 0.190. The van der Waals surface area contributed by atoms with Crippen LogP contribution in [0.15, 0.2) is 30.5 Å². The number of hydrogen-bond donors (Lipinski definition) is 2. The summed E-state index contributed by atoms with van der Waals surface area (Å²) in [6.07, 6.45) is 3.54. The molecule has 0 saturated carbocycles. The van der Waals surface area contributed by atoms with E-state index < -0.39 is 9.84 Å².